The Hall–Kier alpha value is -2.08. The van der Waals surface area contributed by atoms with Crippen molar-refractivity contribution in [3.8, 4) is 0 Å². The lowest BCUT2D eigenvalue weighted by molar-refractivity contribution is -0.137. The highest BCUT2D eigenvalue weighted by atomic mass is 16.5. The van der Waals surface area contributed by atoms with Crippen molar-refractivity contribution in [1.29, 1.82) is 0 Å². The van der Waals surface area contributed by atoms with Crippen LogP contribution >= 0.6 is 0 Å². The van der Waals surface area contributed by atoms with Crippen LogP contribution < -0.4 is 10.6 Å². The standard InChI is InChI=1S/C15H20N2O4/c1-10(8-14(18)19)11-2-4-12(5-3-11)16-15(20)17-13-6-7-21-9-13/h2-5,10,13H,6-9H2,1H3,(H,18,19)(H2,16,17,20). The number of carboxylic acids is 1. The van der Waals surface area contributed by atoms with Gasteiger partial charge in [0.2, 0.25) is 0 Å². The summed E-state index contributed by atoms with van der Waals surface area (Å²) in [5.41, 5.74) is 1.62. The quantitative estimate of drug-likeness (QED) is 0.776. The molecule has 1 fully saturated rings. The van der Waals surface area contributed by atoms with Crippen LogP contribution in [-0.4, -0.2) is 36.4 Å². The number of carboxylic acid groups (broad SMARTS) is 1. The molecular formula is C15H20N2O4. The number of hydrogen-bond acceptors (Lipinski definition) is 3. The van der Waals surface area contributed by atoms with Crippen LogP contribution in [0.2, 0.25) is 0 Å². The molecule has 0 bridgehead atoms. The molecule has 6 heteroatoms. The van der Waals surface area contributed by atoms with E-state index in [-0.39, 0.29) is 24.4 Å². The normalized spacial score (nSPS) is 19.0. The van der Waals surface area contributed by atoms with E-state index in [0.717, 1.165) is 12.0 Å². The predicted molar refractivity (Wildman–Crippen MR) is 78.5 cm³/mol. The lowest BCUT2D eigenvalue weighted by Crippen LogP contribution is -2.38. The summed E-state index contributed by atoms with van der Waals surface area (Å²) in [6.45, 7) is 3.10. The van der Waals surface area contributed by atoms with Crippen LogP contribution in [0.25, 0.3) is 0 Å². The first kappa shape index (κ1) is 15.3. The number of carbonyl (C=O) groups is 2. The molecule has 0 radical (unpaired) electrons. The molecule has 0 saturated carbocycles. The second kappa shape index (κ2) is 7.08. The summed E-state index contributed by atoms with van der Waals surface area (Å²) < 4.78 is 5.19. The average molecular weight is 292 g/mol. The van der Waals surface area contributed by atoms with E-state index in [9.17, 15) is 9.59 Å². The fraction of sp³-hybridized carbons (Fsp3) is 0.467. The van der Waals surface area contributed by atoms with E-state index < -0.39 is 5.97 Å². The summed E-state index contributed by atoms with van der Waals surface area (Å²) in [5, 5.41) is 14.4. The van der Waals surface area contributed by atoms with E-state index in [2.05, 4.69) is 10.6 Å². The van der Waals surface area contributed by atoms with Gasteiger partial charge in [0, 0.05) is 12.3 Å². The van der Waals surface area contributed by atoms with Crippen LogP contribution in [0.4, 0.5) is 10.5 Å². The summed E-state index contributed by atoms with van der Waals surface area (Å²) in [4.78, 5) is 22.5. The minimum absolute atomic E-state index is 0.0546. The summed E-state index contributed by atoms with van der Waals surface area (Å²) in [6.07, 6.45) is 0.925. The van der Waals surface area contributed by atoms with Gasteiger partial charge in [-0.3, -0.25) is 4.79 Å². The van der Waals surface area contributed by atoms with Gasteiger partial charge >= 0.3 is 12.0 Å². The molecular weight excluding hydrogens is 272 g/mol. The zero-order valence-corrected chi connectivity index (χ0v) is 12.0. The van der Waals surface area contributed by atoms with Gasteiger partial charge in [-0.15, -0.1) is 0 Å². The molecule has 1 heterocycles. The molecule has 2 atom stereocenters. The zero-order valence-electron chi connectivity index (χ0n) is 12.0. The van der Waals surface area contributed by atoms with E-state index in [1.54, 1.807) is 12.1 Å². The third-order valence-electron chi connectivity index (χ3n) is 3.48. The molecule has 2 amide bonds. The number of urea groups is 1. The molecule has 2 rings (SSSR count). The fourth-order valence-corrected chi connectivity index (χ4v) is 2.28. The molecule has 6 nitrogen and oxygen atoms in total. The predicted octanol–water partition coefficient (Wildman–Crippen LogP) is 2.18. The first-order valence-electron chi connectivity index (χ1n) is 7.01. The minimum atomic E-state index is -0.817. The van der Waals surface area contributed by atoms with E-state index in [1.165, 1.54) is 0 Å². The molecule has 1 aromatic rings. The van der Waals surface area contributed by atoms with Gasteiger partial charge in [-0.05, 0) is 30.0 Å². The van der Waals surface area contributed by atoms with Crippen molar-refractivity contribution in [1.82, 2.24) is 5.32 Å². The van der Waals surface area contributed by atoms with Gasteiger partial charge in [0.1, 0.15) is 0 Å². The van der Waals surface area contributed by atoms with Crippen LogP contribution in [0, 0.1) is 0 Å². The van der Waals surface area contributed by atoms with Gasteiger partial charge < -0.3 is 20.5 Å². The maximum Gasteiger partial charge on any atom is 0.319 e. The highest BCUT2D eigenvalue weighted by Crippen LogP contribution is 2.21. The smallest absolute Gasteiger partial charge is 0.319 e. The largest absolute Gasteiger partial charge is 0.481 e. The van der Waals surface area contributed by atoms with E-state index in [1.807, 2.05) is 19.1 Å². The van der Waals surface area contributed by atoms with Crippen molar-refractivity contribution in [2.24, 2.45) is 0 Å². The van der Waals surface area contributed by atoms with E-state index in [0.29, 0.717) is 18.9 Å². The monoisotopic (exact) mass is 292 g/mol. The molecule has 21 heavy (non-hydrogen) atoms. The molecule has 3 N–H and O–H groups in total. The Morgan fingerprint density at radius 2 is 2.10 bits per heavy atom. The van der Waals surface area contributed by atoms with Gasteiger partial charge in [-0.1, -0.05) is 19.1 Å². The lowest BCUT2D eigenvalue weighted by Gasteiger charge is -2.13. The number of carbonyl (C=O) groups excluding carboxylic acids is 1. The number of rotatable bonds is 5. The minimum Gasteiger partial charge on any atom is -0.481 e. The molecule has 2 unspecified atom stereocenters. The summed E-state index contributed by atoms with van der Waals surface area (Å²) in [5.74, 6) is -0.871. The van der Waals surface area contributed by atoms with Gasteiger partial charge in [0.15, 0.2) is 0 Å². The Morgan fingerprint density at radius 3 is 2.67 bits per heavy atom. The van der Waals surface area contributed by atoms with Crippen molar-refractivity contribution < 1.29 is 19.4 Å². The lowest BCUT2D eigenvalue weighted by atomic mass is 9.98. The average Bonchev–Trinajstić information content (AvgIpc) is 2.91. The molecule has 0 aliphatic carbocycles. The Kier molecular flexibility index (Phi) is 5.16. The van der Waals surface area contributed by atoms with Crippen molar-refractivity contribution in [3.05, 3.63) is 29.8 Å². The van der Waals surface area contributed by atoms with Crippen LogP contribution in [0.5, 0.6) is 0 Å². The van der Waals surface area contributed by atoms with Gasteiger partial charge in [-0.2, -0.15) is 0 Å². The summed E-state index contributed by atoms with van der Waals surface area (Å²) in [6, 6.07) is 7.04. The Morgan fingerprint density at radius 1 is 1.38 bits per heavy atom. The maximum absolute atomic E-state index is 11.8. The van der Waals surface area contributed by atoms with Crippen LogP contribution in [0.1, 0.15) is 31.2 Å². The first-order valence-corrected chi connectivity index (χ1v) is 7.01. The molecule has 0 aromatic heterocycles. The third-order valence-corrected chi connectivity index (χ3v) is 3.48. The summed E-state index contributed by atoms with van der Waals surface area (Å²) in [7, 11) is 0. The molecule has 1 aromatic carbocycles. The second-order valence-electron chi connectivity index (χ2n) is 5.28. The number of ether oxygens (including phenoxy) is 1. The number of hydrogen-bond donors (Lipinski definition) is 3. The molecule has 0 spiro atoms. The van der Waals surface area contributed by atoms with Crippen molar-refractivity contribution in [2.45, 2.75) is 31.7 Å². The van der Waals surface area contributed by atoms with Crippen molar-refractivity contribution in [2.75, 3.05) is 18.5 Å². The second-order valence-corrected chi connectivity index (χ2v) is 5.28. The Balaban J connectivity index is 1.86. The Labute approximate surface area is 123 Å². The van der Waals surface area contributed by atoms with Crippen LogP contribution in [0.15, 0.2) is 24.3 Å². The topological polar surface area (TPSA) is 87.7 Å². The Bertz CT molecular complexity index is 495. The zero-order chi connectivity index (χ0) is 15.2. The van der Waals surface area contributed by atoms with Crippen LogP contribution in [-0.2, 0) is 9.53 Å². The van der Waals surface area contributed by atoms with Crippen molar-refractivity contribution in [3.63, 3.8) is 0 Å². The SMILES string of the molecule is CC(CC(=O)O)c1ccc(NC(=O)NC2CCOC2)cc1. The maximum atomic E-state index is 11.8. The van der Waals surface area contributed by atoms with Gasteiger partial charge in [-0.25, -0.2) is 4.79 Å². The molecule has 1 aliphatic rings. The highest BCUT2D eigenvalue weighted by Gasteiger charge is 2.17. The highest BCUT2D eigenvalue weighted by molar-refractivity contribution is 5.89. The number of anilines is 1. The third kappa shape index (κ3) is 4.75. The van der Waals surface area contributed by atoms with Gasteiger partial charge in [0.25, 0.3) is 0 Å². The summed E-state index contributed by atoms with van der Waals surface area (Å²) >= 11 is 0. The number of nitrogens with one attached hydrogen (secondary N) is 2. The molecule has 1 aliphatic heterocycles. The van der Waals surface area contributed by atoms with Gasteiger partial charge in [0.05, 0.1) is 19.1 Å². The van der Waals surface area contributed by atoms with E-state index >= 15 is 0 Å². The first-order chi connectivity index (χ1) is 10.0. The van der Waals surface area contributed by atoms with Crippen LogP contribution in [0.3, 0.4) is 0 Å². The molecule has 1 saturated heterocycles. The fourth-order valence-electron chi connectivity index (χ4n) is 2.28. The number of benzene rings is 1. The van der Waals surface area contributed by atoms with E-state index in [4.69, 9.17) is 9.84 Å². The number of aliphatic carboxylic acids is 1. The molecule has 114 valence electrons. The number of amides is 2. The van der Waals surface area contributed by atoms with Crippen molar-refractivity contribution >= 4 is 17.7 Å².